The van der Waals surface area contributed by atoms with Crippen molar-refractivity contribution in [2.45, 2.75) is 13.8 Å². The zero-order chi connectivity index (χ0) is 40.2. The van der Waals surface area contributed by atoms with Crippen molar-refractivity contribution in [2.24, 2.45) is 0 Å². The van der Waals surface area contributed by atoms with Crippen molar-refractivity contribution in [1.82, 2.24) is 0 Å². The van der Waals surface area contributed by atoms with Gasteiger partial charge in [0.1, 0.15) is 0 Å². The van der Waals surface area contributed by atoms with E-state index in [-0.39, 0.29) is 20.4 Å². The van der Waals surface area contributed by atoms with Gasteiger partial charge in [0, 0.05) is 13.8 Å². The second-order valence-corrected chi connectivity index (χ2v) is 14.6. The van der Waals surface area contributed by atoms with Gasteiger partial charge in [-0.3, -0.25) is 0 Å². The maximum absolute atomic E-state index is 9.75. The molecule has 0 radical (unpaired) electrons. The summed E-state index contributed by atoms with van der Waals surface area (Å²) in [6.45, 7) is 2.86. The molecule has 0 unspecified atom stereocenters. The smallest absolute Gasteiger partial charge is 0.418 e. The molecule has 0 atom stereocenters. The summed E-state index contributed by atoms with van der Waals surface area (Å²) in [5.41, 5.74) is 0. The van der Waals surface area contributed by atoms with Crippen LogP contribution in [0.4, 0.5) is 34.5 Å². The van der Waals surface area contributed by atoms with Gasteiger partial charge in [-0.15, -0.1) is 0 Å². The Balaban J connectivity index is 0.000000758. The first kappa shape index (κ1) is 50.4. The molecule has 0 heterocycles. The van der Waals surface area contributed by atoms with Crippen molar-refractivity contribution in [1.29, 1.82) is 10.5 Å². The molecule has 0 aromatic heterocycles. The van der Waals surface area contributed by atoms with Gasteiger partial charge in [-0.25, -0.2) is 0 Å². The molecule has 0 amide bonds. The Bertz CT molecular complexity index is 1560. The van der Waals surface area contributed by atoms with Crippen molar-refractivity contribution in [2.75, 3.05) is 0 Å². The van der Waals surface area contributed by atoms with E-state index in [1.807, 2.05) is 0 Å². The summed E-state index contributed by atoms with van der Waals surface area (Å²) in [7, 11) is -12.9. The number of nitrogens with zero attached hydrogens (tertiary/aromatic N) is 2. The third-order valence-electron chi connectivity index (χ3n) is 6.09. The molecule has 55 heavy (non-hydrogen) atoms. The summed E-state index contributed by atoms with van der Waals surface area (Å²) >= 11 is 0. The largest absolute Gasteiger partial charge is 2.00 e. The summed E-state index contributed by atoms with van der Waals surface area (Å²) in [6.07, 6.45) is 0. The second kappa shape index (κ2) is 28.8. The number of nitriles is 2. The molecule has 15 heteroatoms. The Morgan fingerprint density at radius 1 is 0.327 bits per heavy atom. The van der Waals surface area contributed by atoms with Crippen LogP contribution in [0.15, 0.2) is 182 Å². The fraction of sp³-hybridized carbons (Fsp3) is 0.0500. The first-order valence-corrected chi connectivity index (χ1v) is 18.7. The zero-order valence-corrected chi connectivity index (χ0v) is 32.9. The molecule has 0 aliphatic rings. The van der Waals surface area contributed by atoms with Gasteiger partial charge in [0.25, 0.3) is 0 Å². The Morgan fingerprint density at radius 2 is 0.418 bits per heavy atom. The fourth-order valence-electron chi connectivity index (χ4n) is 4.36. The molecule has 6 aromatic carbocycles. The van der Waals surface area contributed by atoms with Crippen LogP contribution in [-0.4, -0.2) is 14.5 Å². The third kappa shape index (κ3) is 24.4. The van der Waals surface area contributed by atoms with E-state index in [2.05, 4.69) is 182 Å². The van der Waals surface area contributed by atoms with Crippen LogP contribution in [0.1, 0.15) is 13.8 Å². The Morgan fingerprint density at radius 3 is 0.509 bits per heavy atom. The average molecular weight is 887 g/mol. The van der Waals surface area contributed by atoms with E-state index in [1.165, 1.54) is 45.7 Å². The molecule has 0 spiro atoms. The van der Waals surface area contributed by atoms with Crippen molar-refractivity contribution in [3.63, 3.8) is 0 Å². The average Bonchev–Trinajstić information content (AvgIpc) is 3.14. The van der Waals surface area contributed by atoms with Crippen LogP contribution in [-0.2, 0) is 20.4 Å². The van der Waals surface area contributed by atoms with E-state index in [0.29, 0.717) is 0 Å². The fourth-order valence-corrected chi connectivity index (χ4v) is 8.97. The van der Waals surface area contributed by atoms with Gasteiger partial charge >= 0.3 is 34.9 Å². The van der Waals surface area contributed by atoms with Gasteiger partial charge in [0.15, 0.2) is 0 Å². The molecule has 6 rings (SSSR count). The van der Waals surface area contributed by atoms with Crippen LogP contribution in [0.2, 0.25) is 0 Å². The Labute approximate surface area is 334 Å². The van der Waals surface area contributed by atoms with E-state index < -0.39 is 30.4 Å². The number of hydrogen-bond donors (Lipinski definition) is 0. The Hall–Kier alpha value is -4.61. The number of halogens is 8. The van der Waals surface area contributed by atoms with Gasteiger partial charge in [0.2, 0.25) is 0 Å². The standard InChI is InChI=1S/2C18H15P.2C2H3N.2BF4.Pd/c2*1-4-10-16(11-5-1)19(17-12-6-2-7-13-17)18-14-8-3-9-15-18;2*1-2-3;2*2-1(3,4)5;/h2*1-15H;2*1H3;;;/q;;;;2*-1;+2. The van der Waals surface area contributed by atoms with Gasteiger partial charge < -0.3 is 34.5 Å². The van der Waals surface area contributed by atoms with Crippen LogP contribution in [0, 0.1) is 22.7 Å². The molecule has 0 fully saturated rings. The summed E-state index contributed by atoms with van der Waals surface area (Å²) in [5.74, 6) is 0. The zero-order valence-electron chi connectivity index (χ0n) is 29.6. The minimum atomic E-state index is -6.00. The number of hydrogen-bond acceptors (Lipinski definition) is 2. The van der Waals surface area contributed by atoms with Crippen molar-refractivity contribution in [3.8, 4) is 12.1 Å². The maximum Gasteiger partial charge on any atom is 2.00 e. The van der Waals surface area contributed by atoms with Crippen molar-refractivity contribution in [3.05, 3.63) is 182 Å². The van der Waals surface area contributed by atoms with Crippen molar-refractivity contribution < 1.29 is 54.9 Å². The minimum Gasteiger partial charge on any atom is -0.418 e. The second-order valence-electron chi connectivity index (χ2n) is 10.1. The molecule has 0 aliphatic carbocycles. The molecule has 288 valence electrons. The molecule has 0 N–H and O–H groups in total. The number of rotatable bonds is 6. The molecule has 0 saturated heterocycles. The quantitative estimate of drug-likeness (QED) is 0.0951. The van der Waals surface area contributed by atoms with Crippen LogP contribution >= 0.6 is 15.8 Å². The Kier molecular flexibility index (Phi) is 26.4. The van der Waals surface area contributed by atoms with Gasteiger partial charge in [-0.1, -0.05) is 182 Å². The first-order chi connectivity index (χ1) is 25.7. The predicted molar refractivity (Wildman–Crippen MR) is 213 cm³/mol. The number of benzene rings is 6. The summed E-state index contributed by atoms with van der Waals surface area (Å²) in [6, 6.07) is 68.2. The van der Waals surface area contributed by atoms with E-state index in [9.17, 15) is 34.5 Å². The molecule has 2 nitrogen and oxygen atoms in total. The SMILES string of the molecule is CC#N.CC#N.F[B-](F)(F)F.F[B-](F)(F)F.[Pd+2].c1ccc(P(c2ccccc2)c2ccccc2)cc1.c1ccc(P(c2ccccc2)c2ccccc2)cc1. The van der Waals surface area contributed by atoms with Crippen molar-refractivity contribution >= 4 is 62.2 Å². The summed E-state index contributed by atoms with van der Waals surface area (Å²) in [5, 5.41) is 23.0. The van der Waals surface area contributed by atoms with Crippen LogP contribution in [0.3, 0.4) is 0 Å². The van der Waals surface area contributed by atoms with Gasteiger partial charge in [0.05, 0.1) is 12.1 Å². The van der Waals surface area contributed by atoms with Gasteiger partial charge in [-0.05, 0) is 47.7 Å². The monoisotopic (exact) mass is 886 g/mol. The van der Waals surface area contributed by atoms with Crippen LogP contribution in [0.5, 0.6) is 0 Å². The maximum atomic E-state index is 9.75. The van der Waals surface area contributed by atoms with Crippen LogP contribution in [0.25, 0.3) is 0 Å². The molecule has 0 aliphatic heterocycles. The van der Waals surface area contributed by atoms with E-state index >= 15 is 0 Å². The van der Waals surface area contributed by atoms with Crippen LogP contribution < -0.4 is 31.8 Å². The molecule has 0 saturated carbocycles. The minimum absolute atomic E-state index is 0. The van der Waals surface area contributed by atoms with E-state index in [4.69, 9.17) is 10.5 Å². The molecule has 6 aromatic rings. The summed E-state index contributed by atoms with van der Waals surface area (Å²) in [4.78, 5) is 0. The van der Waals surface area contributed by atoms with E-state index in [0.717, 1.165) is 0 Å². The molecular formula is C40H36B2F8N2P2Pd. The normalized spacial score (nSPS) is 9.78. The third-order valence-corrected chi connectivity index (χ3v) is 11.0. The summed E-state index contributed by atoms with van der Waals surface area (Å²) < 4.78 is 78.0. The predicted octanol–water partition coefficient (Wildman–Crippen LogP) is 10.5. The van der Waals surface area contributed by atoms with E-state index in [1.54, 1.807) is 12.1 Å². The topological polar surface area (TPSA) is 47.6 Å². The molecular weight excluding hydrogens is 850 g/mol. The van der Waals surface area contributed by atoms with Gasteiger partial charge in [-0.2, -0.15) is 10.5 Å². The first-order valence-electron chi connectivity index (χ1n) is 16.0. The molecule has 0 bridgehead atoms.